The fourth-order valence-corrected chi connectivity index (χ4v) is 4.66. The van der Waals surface area contributed by atoms with Crippen LogP contribution in [0.25, 0.3) is 11.0 Å². The molecule has 0 fully saturated rings. The Morgan fingerprint density at radius 1 is 1.27 bits per heavy atom. The third-order valence-electron chi connectivity index (χ3n) is 6.19. The molecule has 0 saturated carbocycles. The second-order valence-corrected chi connectivity index (χ2v) is 8.02. The van der Waals surface area contributed by atoms with Crippen molar-refractivity contribution in [3.63, 3.8) is 0 Å². The summed E-state index contributed by atoms with van der Waals surface area (Å²) in [5.74, 6) is -0.251. The number of nitrogens with one attached hydrogen (secondary N) is 1. The first kappa shape index (κ1) is 20.5. The van der Waals surface area contributed by atoms with Crippen LogP contribution in [0.4, 0.5) is 0 Å². The lowest BCUT2D eigenvalue weighted by Crippen LogP contribution is -2.25. The van der Waals surface area contributed by atoms with Crippen LogP contribution >= 0.6 is 0 Å². The van der Waals surface area contributed by atoms with Gasteiger partial charge in [0.25, 0.3) is 0 Å². The van der Waals surface area contributed by atoms with Gasteiger partial charge < -0.3 is 10.1 Å². The maximum Gasteiger partial charge on any atom is 0.306 e. The molecule has 0 radical (unpaired) electrons. The van der Waals surface area contributed by atoms with Crippen molar-refractivity contribution in [2.45, 2.75) is 59.5 Å². The average molecular weight is 407 g/mol. The first-order valence-electron chi connectivity index (χ1n) is 10.8. The molecule has 0 saturated heterocycles. The Balaban J connectivity index is 1.83. The van der Waals surface area contributed by atoms with Crippen molar-refractivity contribution in [3.05, 3.63) is 57.6 Å². The summed E-state index contributed by atoms with van der Waals surface area (Å²) in [5, 5.41) is 12.2. The highest BCUT2D eigenvalue weighted by molar-refractivity contribution is 5.80. The minimum atomic E-state index is -0.173. The van der Waals surface area contributed by atoms with Gasteiger partial charge in [0.2, 0.25) is 0 Å². The SMILES string of the molecule is CCOC(=O)CC(c1cc(C)c2c(c1)CNCC2)c1ccc2c(nnn2CC)c1C. The van der Waals surface area contributed by atoms with E-state index in [2.05, 4.69) is 60.7 Å². The molecule has 6 nitrogen and oxygen atoms in total. The Kier molecular flexibility index (Phi) is 5.86. The Morgan fingerprint density at radius 3 is 2.87 bits per heavy atom. The van der Waals surface area contributed by atoms with Gasteiger partial charge >= 0.3 is 5.97 Å². The molecule has 1 unspecified atom stereocenters. The summed E-state index contributed by atoms with van der Waals surface area (Å²) in [6, 6.07) is 8.72. The first-order chi connectivity index (χ1) is 14.5. The number of hydrogen-bond acceptors (Lipinski definition) is 5. The van der Waals surface area contributed by atoms with E-state index in [1.54, 1.807) is 0 Å². The summed E-state index contributed by atoms with van der Waals surface area (Å²) in [6.45, 7) is 11.2. The lowest BCUT2D eigenvalue weighted by Gasteiger charge is -2.25. The van der Waals surface area contributed by atoms with Gasteiger partial charge in [0.05, 0.1) is 18.5 Å². The molecule has 1 aliphatic rings. The summed E-state index contributed by atoms with van der Waals surface area (Å²) in [5.41, 5.74) is 9.35. The molecule has 2 heterocycles. The zero-order valence-electron chi connectivity index (χ0n) is 18.3. The van der Waals surface area contributed by atoms with Crippen molar-refractivity contribution in [1.82, 2.24) is 20.3 Å². The summed E-state index contributed by atoms with van der Waals surface area (Å²) >= 11 is 0. The van der Waals surface area contributed by atoms with Crippen LogP contribution in [-0.2, 0) is 29.0 Å². The molecule has 0 aliphatic carbocycles. The molecule has 3 aromatic rings. The van der Waals surface area contributed by atoms with E-state index in [1.807, 2.05) is 11.6 Å². The number of carbonyl (C=O) groups excluding carboxylic acids is 1. The van der Waals surface area contributed by atoms with E-state index in [0.717, 1.165) is 53.8 Å². The van der Waals surface area contributed by atoms with Crippen LogP contribution in [0.1, 0.15) is 59.6 Å². The lowest BCUT2D eigenvalue weighted by molar-refractivity contribution is -0.143. The van der Waals surface area contributed by atoms with Crippen molar-refractivity contribution in [2.75, 3.05) is 13.2 Å². The van der Waals surface area contributed by atoms with E-state index in [-0.39, 0.29) is 11.9 Å². The van der Waals surface area contributed by atoms with Crippen molar-refractivity contribution in [1.29, 1.82) is 0 Å². The lowest BCUT2D eigenvalue weighted by atomic mass is 9.82. The molecule has 1 aromatic heterocycles. The van der Waals surface area contributed by atoms with E-state index in [4.69, 9.17) is 4.74 Å². The number of rotatable bonds is 6. The molecule has 2 aromatic carbocycles. The van der Waals surface area contributed by atoms with Crippen LogP contribution in [0.3, 0.4) is 0 Å². The number of nitrogens with zero attached hydrogens (tertiary/aromatic N) is 3. The van der Waals surface area contributed by atoms with Gasteiger partial charge in [-0.05, 0) is 80.1 Å². The molecular weight excluding hydrogens is 376 g/mol. The van der Waals surface area contributed by atoms with E-state index in [9.17, 15) is 4.79 Å². The smallest absolute Gasteiger partial charge is 0.306 e. The van der Waals surface area contributed by atoms with Crippen LogP contribution in [0, 0.1) is 13.8 Å². The van der Waals surface area contributed by atoms with Crippen molar-refractivity contribution in [3.8, 4) is 0 Å². The van der Waals surface area contributed by atoms with Crippen LogP contribution in [-0.4, -0.2) is 34.1 Å². The maximum atomic E-state index is 12.5. The second kappa shape index (κ2) is 8.56. The predicted octanol–water partition coefficient (Wildman–Crippen LogP) is 3.80. The largest absolute Gasteiger partial charge is 0.466 e. The number of ether oxygens (including phenoxy) is 1. The van der Waals surface area contributed by atoms with Crippen LogP contribution in [0.15, 0.2) is 24.3 Å². The highest BCUT2D eigenvalue weighted by Crippen LogP contribution is 2.35. The summed E-state index contributed by atoms with van der Waals surface area (Å²) < 4.78 is 7.23. The Labute approximate surface area is 177 Å². The normalized spacial score (nSPS) is 14.5. The highest BCUT2D eigenvalue weighted by atomic mass is 16.5. The second-order valence-electron chi connectivity index (χ2n) is 8.02. The highest BCUT2D eigenvalue weighted by Gasteiger charge is 2.25. The monoisotopic (exact) mass is 406 g/mol. The molecule has 1 aliphatic heterocycles. The van der Waals surface area contributed by atoms with Crippen LogP contribution in [0.5, 0.6) is 0 Å². The van der Waals surface area contributed by atoms with Crippen LogP contribution < -0.4 is 5.32 Å². The fourth-order valence-electron chi connectivity index (χ4n) is 4.66. The number of hydrogen-bond donors (Lipinski definition) is 1. The van der Waals surface area contributed by atoms with Gasteiger partial charge in [0, 0.05) is 19.0 Å². The number of fused-ring (bicyclic) bond motifs is 2. The van der Waals surface area contributed by atoms with Gasteiger partial charge in [-0.15, -0.1) is 5.10 Å². The van der Waals surface area contributed by atoms with E-state index < -0.39 is 0 Å². The Morgan fingerprint density at radius 2 is 2.10 bits per heavy atom. The van der Waals surface area contributed by atoms with Crippen molar-refractivity contribution >= 4 is 17.0 Å². The van der Waals surface area contributed by atoms with Gasteiger partial charge in [0.15, 0.2) is 0 Å². The molecule has 158 valence electrons. The predicted molar refractivity (Wildman–Crippen MR) is 118 cm³/mol. The average Bonchev–Trinajstić information content (AvgIpc) is 3.17. The summed E-state index contributed by atoms with van der Waals surface area (Å²) in [6.07, 6.45) is 1.36. The van der Waals surface area contributed by atoms with Gasteiger partial charge in [0.1, 0.15) is 5.52 Å². The number of benzene rings is 2. The van der Waals surface area contributed by atoms with Gasteiger partial charge in [-0.25, -0.2) is 4.68 Å². The van der Waals surface area contributed by atoms with Gasteiger partial charge in [-0.2, -0.15) is 0 Å². The molecule has 6 heteroatoms. The van der Waals surface area contributed by atoms with Crippen LogP contribution in [0.2, 0.25) is 0 Å². The molecule has 30 heavy (non-hydrogen) atoms. The standard InChI is InChI=1S/C24H30N4O2/c1-5-28-22-8-7-20(16(4)24(22)26-27-28)21(13-23(29)30-6-2)17-11-15(3)19-9-10-25-14-18(19)12-17/h7-8,11-12,21,25H,5-6,9-10,13-14H2,1-4H3. The third-order valence-corrected chi connectivity index (χ3v) is 6.19. The molecule has 1 N–H and O–H groups in total. The fraction of sp³-hybridized carbons (Fsp3) is 0.458. The minimum absolute atomic E-state index is 0.0776. The molecule has 0 spiro atoms. The van der Waals surface area contributed by atoms with Gasteiger partial charge in [-0.1, -0.05) is 23.4 Å². The molecule has 0 amide bonds. The van der Waals surface area contributed by atoms with Crippen molar-refractivity contribution < 1.29 is 9.53 Å². The minimum Gasteiger partial charge on any atom is -0.466 e. The number of esters is 1. The summed E-state index contributed by atoms with van der Waals surface area (Å²) in [4.78, 5) is 12.5. The zero-order valence-corrected chi connectivity index (χ0v) is 18.3. The number of aryl methyl sites for hydroxylation is 3. The Hall–Kier alpha value is -2.73. The summed E-state index contributed by atoms with van der Waals surface area (Å²) in [7, 11) is 0. The van der Waals surface area contributed by atoms with E-state index in [0.29, 0.717) is 13.0 Å². The number of aromatic nitrogens is 3. The van der Waals surface area contributed by atoms with E-state index in [1.165, 1.54) is 16.7 Å². The van der Waals surface area contributed by atoms with Gasteiger partial charge in [-0.3, -0.25) is 4.79 Å². The molecular formula is C24H30N4O2. The topological polar surface area (TPSA) is 69.0 Å². The zero-order chi connectivity index (χ0) is 21.3. The molecule has 4 rings (SSSR count). The molecule has 0 bridgehead atoms. The van der Waals surface area contributed by atoms with Crippen molar-refractivity contribution in [2.24, 2.45) is 0 Å². The first-order valence-corrected chi connectivity index (χ1v) is 10.8. The quantitative estimate of drug-likeness (QED) is 0.631. The van der Waals surface area contributed by atoms with E-state index >= 15 is 0 Å². The molecule has 1 atom stereocenters. The maximum absolute atomic E-state index is 12.5. The Bertz CT molecular complexity index is 1090. The number of carbonyl (C=O) groups is 1. The third kappa shape index (κ3) is 3.72.